The van der Waals surface area contributed by atoms with Gasteiger partial charge >= 0.3 is 0 Å². The molecule has 0 radical (unpaired) electrons. The van der Waals surface area contributed by atoms with Gasteiger partial charge in [0.2, 0.25) is 0 Å². The van der Waals surface area contributed by atoms with Crippen LogP contribution in [0.2, 0.25) is 0 Å². The highest BCUT2D eigenvalue weighted by Gasteiger charge is 2.07. The lowest BCUT2D eigenvalue weighted by Crippen LogP contribution is -2.28. The first-order valence-corrected chi connectivity index (χ1v) is 9.60. The number of hydrogen-bond donors (Lipinski definition) is 2. The van der Waals surface area contributed by atoms with E-state index < -0.39 is 5.82 Å². The van der Waals surface area contributed by atoms with E-state index >= 15 is 0 Å². The molecule has 0 aliphatic rings. The molecule has 0 spiro atoms. The smallest absolute Gasteiger partial charge is 0.258 e. The van der Waals surface area contributed by atoms with Gasteiger partial charge in [-0.15, -0.1) is 0 Å². The van der Waals surface area contributed by atoms with Crippen LogP contribution in [0.25, 0.3) is 0 Å². The first-order valence-electron chi connectivity index (χ1n) is 8.80. The molecule has 0 unspecified atom stereocenters. The Kier molecular flexibility index (Phi) is 6.97. The molecule has 0 aliphatic carbocycles. The summed E-state index contributed by atoms with van der Waals surface area (Å²) in [4.78, 5) is 24.2. The molecule has 3 aromatic rings. The van der Waals surface area contributed by atoms with E-state index in [-0.39, 0.29) is 18.4 Å². The van der Waals surface area contributed by atoms with Crippen LogP contribution in [0.4, 0.5) is 10.1 Å². The molecular formula is C22H18BrFN2O3. The van der Waals surface area contributed by atoms with Crippen LogP contribution in [0.15, 0.2) is 77.3 Å². The molecular weight excluding hydrogens is 439 g/mol. The fourth-order valence-corrected chi connectivity index (χ4v) is 2.76. The molecule has 29 heavy (non-hydrogen) atoms. The highest BCUT2D eigenvalue weighted by Crippen LogP contribution is 2.16. The summed E-state index contributed by atoms with van der Waals surface area (Å²) in [6.45, 7) is 0.200. The van der Waals surface area contributed by atoms with Crippen LogP contribution in [0.1, 0.15) is 15.9 Å². The predicted octanol–water partition coefficient (Wildman–Crippen LogP) is 4.54. The summed E-state index contributed by atoms with van der Waals surface area (Å²) in [5.41, 5.74) is 1.76. The van der Waals surface area contributed by atoms with Gasteiger partial charge in [-0.1, -0.05) is 28.1 Å². The quantitative estimate of drug-likeness (QED) is 0.548. The number of hydrogen-bond acceptors (Lipinski definition) is 3. The van der Waals surface area contributed by atoms with Gasteiger partial charge in [0.05, 0.1) is 0 Å². The van der Waals surface area contributed by atoms with Crippen molar-refractivity contribution in [2.75, 3.05) is 11.9 Å². The number of carbonyl (C=O) groups excluding carboxylic acids is 2. The molecule has 0 aromatic heterocycles. The standard InChI is InChI=1S/C22H18BrFN2O3/c23-17-6-10-20(11-7-17)29-14-21(27)25-13-15-2-1-3-19(12-15)26-22(28)16-4-8-18(24)9-5-16/h1-12H,13-14H2,(H,25,27)(H,26,28). The van der Waals surface area contributed by atoms with Crippen molar-refractivity contribution in [1.82, 2.24) is 5.32 Å². The third-order valence-corrected chi connectivity index (χ3v) is 4.49. The zero-order chi connectivity index (χ0) is 20.6. The third kappa shape index (κ3) is 6.43. The van der Waals surface area contributed by atoms with Crippen LogP contribution in [0, 0.1) is 5.82 Å². The lowest BCUT2D eigenvalue weighted by molar-refractivity contribution is -0.123. The van der Waals surface area contributed by atoms with E-state index in [9.17, 15) is 14.0 Å². The van der Waals surface area contributed by atoms with E-state index in [1.165, 1.54) is 24.3 Å². The molecule has 3 rings (SSSR count). The minimum Gasteiger partial charge on any atom is -0.484 e. The number of carbonyl (C=O) groups is 2. The zero-order valence-electron chi connectivity index (χ0n) is 15.3. The average Bonchev–Trinajstić information content (AvgIpc) is 2.72. The summed E-state index contributed by atoms with van der Waals surface area (Å²) >= 11 is 3.34. The van der Waals surface area contributed by atoms with E-state index in [0.29, 0.717) is 23.5 Å². The monoisotopic (exact) mass is 456 g/mol. The molecule has 0 bridgehead atoms. The topological polar surface area (TPSA) is 67.4 Å². The van der Waals surface area contributed by atoms with Crippen molar-refractivity contribution >= 4 is 33.4 Å². The lowest BCUT2D eigenvalue weighted by atomic mass is 10.1. The highest BCUT2D eigenvalue weighted by molar-refractivity contribution is 9.10. The van der Waals surface area contributed by atoms with Gasteiger partial charge in [-0.05, 0) is 66.2 Å². The fourth-order valence-electron chi connectivity index (χ4n) is 2.49. The molecule has 0 aliphatic heterocycles. The van der Waals surface area contributed by atoms with Crippen LogP contribution in [-0.2, 0) is 11.3 Å². The van der Waals surface area contributed by atoms with Crippen molar-refractivity contribution in [2.24, 2.45) is 0 Å². The largest absolute Gasteiger partial charge is 0.484 e. The Morgan fingerprint density at radius 1 is 0.966 bits per heavy atom. The van der Waals surface area contributed by atoms with Gasteiger partial charge in [0.15, 0.2) is 6.61 Å². The number of anilines is 1. The van der Waals surface area contributed by atoms with Crippen LogP contribution in [-0.4, -0.2) is 18.4 Å². The molecule has 7 heteroatoms. The normalized spacial score (nSPS) is 10.3. The van der Waals surface area contributed by atoms with Gasteiger partial charge in [0.1, 0.15) is 11.6 Å². The van der Waals surface area contributed by atoms with Gasteiger partial charge in [-0.2, -0.15) is 0 Å². The Balaban J connectivity index is 1.50. The lowest BCUT2D eigenvalue weighted by Gasteiger charge is -2.10. The predicted molar refractivity (Wildman–Crippen MR) is 112 cm³/mol. The van der Waals surface area contributed by atoms with E-state index in [0.717, 1.165) is 10.0 Å². The summed E-state index contributed by atoms with van der Waals surface area (Å²) < 4.78 is 19.3. The number of benzene rings is 3. The molecule has 148 valence electrons. The minimum atomic E-state index is -0.400. The number of nitrogens with one attached hydrogen (secondary N) is 2. The average molecular weight is 457 g/mol. The van der Waals surface area contributed by atoms with Crippen molar-refractivity contribution in [3.05, 3.63) is 94.2 Å². The second-order valence-electron chi connectivity index (χ2n) is 6.18. The number of amides is 2. The fraction of sp³-hybridized carbons (Fsp3) is 0.0909. The van der Waals surface area contributed by atoms with Gasteiger partial charge in [-0.25, -0.2) is 4.39 Å². The van der Waals surface area contributed by atoms with Crippen LogP contribution in [0.3, 0.4) is 0 Å². The Bertz CT molecular complexity index is 992. The molecule has 0 saturated carbocycles. The molecule has 0 fully saturated rings. The number of rotatable bonds is 7. The maximum absolute atomic E-state index is 13.0. The second kappa shape index (κ2) is 9.84. The Morgan fingerprint density at radius 3 is 2.41 bits per heavy atom. The van der Waals surface area contributed by atoms with Crippen molar-refractivity contribution in [3.8, 4) is 5.75 Å². The molecule has 5 nitrogen and oxygen atoms in total. The van der Waals surface area contributed by atoms with Gasteiger partial charge in [0.25, 0.3) is 11.8 Å². The summed E-state index contributed by atoms with van der Waals surface area (Å²) in [6.07, 6.45) is 0. The van der Waals surface area contributed by atoms with Crippen LogP contribution < -0.4 is 15.4 Å². The van der Waals surface area contributed by atoms with Crippen molar-refractivity contribution < 1.29 is 18.7 Å². The minimum absolute atomic E-state index is 0.0946. The van der Waals surface area contributed by atoms with Crippen molar-refractivity contribution in [2.45, 2.75) is 6.54 Å². The Morgan fingerprint density at radius 2 is 1.69 bits per heavy atom. The summed E-state index contributed by atoms with van der Waals surface area (Å²) in [6, 6.07) is 19.6. The molecule has 0 saturated heterocycles. The molecule has 3 aromatic carbocycles. The third-order valence-electron chi connectivity index (χ3n) is 3.96. The number of halogens is 2. The van der Waals surface area contributed by atoms with Crippen molar-refractivity contribution in [3.63, 3.8) is 0 Å². The summed E-state index contributed by atoms with van der Waals surface area (Å²) in [5, 5.41) is 5.53. The van der Waals surface area contributed by atoms with E-state index in [4.69, 9.17) is 4.74 Å². The maximum Gasteiger partial charge on any atom is 0.258 e. The van der Waals surface area contributed by atoms with Gasteiger partial charge in [0, 0.05) is 22.3 Å². The van der Waals surface area contributed by atoms with E-state index in [1.54, 1.807) is 30.3 Å². The zero-order valence-corrected chi connectivity index (χ0v) is 16.9. The molecule has 0 atom stereocenters. The van der Waals surface area contributed by atoms with E-state index in [2.05, 4.69) is 26.6 Å². The van der Waals surface area contributed by atoms with Crippen LogP contribution >= 0.6 is 15.9 Å². The highest BCUT2D eigenvalue weighted by atomic mass is 79.9. The number of ether oxygens (including phenoxy) is 1. The first kappa shape index (κ1) is 20.5. The summed E-state index contributed by atoms with van der Waals surface area (Å²) in [5.74, 6) is -0.389. The first-order chi connectivity index (χ1) is 14.0. The molecule has 2 amide bonds. The Hall–Kier alpha value is -3.19. The maximum atomic E-state index is 13.0. The second-order valence-corrected chi connectivity index (χ2v) is 7.10. The van der Waals surface area contributed by atoms with E-state index in [1.807, 2.05) is 18.2 Å². The molecule has 0 heterocycles. The SMILES string of the molecule is O=C(COc1ccc(Br)cc1)NCc1cccc(NC(=O)c2ccc(F)cc2)c1. The molecule has 2 N–H and O–H groups in total. The van der Waals surface area contributed by atoms with Gasteiger partial charge < -0.3 is 15.4 Å². The summed E-state index contributed by atoms with van der Waals surface area (Å²) in [7, 11) is 0. The van der Waals surface area contributed by atoms with Crippen LogP contribution in [0.5, 0.6) is 5.75 Å². The van der Waals surface area contributed by atoms with Gasteiger partial charge in [-0.3, -0.25) is 9.59 Å². The van der Waals surface area contributed by atoms with Crippen molar-refractivity contribution in [1.29, 1.82) is 0 Å². The Labute approximate surface area is 176 Å².